The topological polar surface area (TPSA) is 60.2 Å². The van der Waals surface area contributed by atoms with Crippen molar-refractivity contribution in [3.8, 4) is 0 Å². The summed E-state index contributed by atoms with van der Waals surface area (Å²) in [6.07, 6.45) is 5.84. The van der Waals surface area contributed by atoms with E-state index in [1.807, 2.05) is 4.68 Å². The molecule has 0 atom stereocenters. The van der Waals surface area contributed by atoms with Gasteiger partial charge >= 0.3 is 0 Å². The van der Waals surface area contributed by atoms with E-state index in [0.717, 1.165) is 31.5 Å². The quantitative estimate of drug-likeness (QED) is 0.887. The number of hydrogen-bond donors (Lipinski definition) is 1. The Bertz CT molecular complexity index is 381. The van der Waals surface area contributed by atoms with Crippen molar-refractivity contribution in [3.05, 3.63) is 12.2 Å². The predicted octanol–water partition coefficient (Wildman–Crippen LogP) is 1.72. The van der Waals surface area contributed by atoms with Crippen LogP contribution in [0.5, 0.6) is 0 Å². The van der Waals surface area contributed by atoms with E-state index < -0.39 is 5.60 Å². The molecule has 1 saturated carbocycles. The Labute approximate surface area is 108 Å². The number of methoxy groups -OCH3 is 1. The van der Waals surface area contributed by atoms with Crippen molar-refractivity contribution in [1.29, 1.82) is 0 Å². The van der Waals surface area contributed by atoms with E-state index in [1.165, 1.54) is 0 Å². The van der Waals surface area contributed by atoms with Crippen LogP contribution in [0.3, 0.4) is 0 Å². The van der Waals surface area contributed by atoms with Crippen molar-refractivity contribution in [2.45, 2.75) is 63.7 Å². The lowest BCUT2D eigenvalue weighted by Crippen LogP contribution is -2.39. The van der Waals surface area contributed by atoms with Gasteiger partial charge in [0, 0.05) is 19.6 Å². The van der Waals surface area contributed by atoms with Gasteiger partial charge in [-0.2, -0.15) is 5.10 Å². The lowest BCUT2D eigenvalue weighted by Gasteiger charge is -2.35. The highest BCUT2D eigenvalue weighted by Crippen LogP contribution is 2.32. The van der Waals surface area contributed by atoms with Crippen LogP contribution in [0.4, 0.5) is 0 Å². The molecule has 18 heavy (non-hydrogen) atoms. The van der Waals surface area contributed by atoms with Crippen LogP contribution >= 0.6 is 0 Å². The molecule has 1 N–H and O–H groups in total. The van der Waals surface area contributed by atoms with Crippen molar-refractivity contribution in [2.75, 3.05) is 7.11 Å². The van der Waals surface area contributed by atoms with Crippen LogP contribution in [-0.4, -0.2) is 38.7 Å². The molecule has 1 aromatic rings. The van der Waals surface area contributed by atoms with E-state index in [4.69, 9.17) is 4.74 Å². The molecule has 5 nitrogen and oxygen atoms in total. The first-order chi connectivity index (χ1) is 8.54. The Balaban J connectivity index is 2.02. The molecule has 0 aliphatic heterocycles. The first-order valence-electron chi connectivity index (χ1n) is 6.67. The SMILES string of the molecule is COC1CCC(O)(Cc2ncnn2C(C)C)CC1. The number of rotatable bonds is 4. The summed E-state index contributed by atoms with van der Waals surface area (Å²) in [5, 5.41) is 14.8. The maximum absolute atomic E-state index is 10.6. The van der Waals surface area contributed by atoms with Gasteiger partial charge in [-0.3, -0.25) is 0 Å². The zero-order valence-corrected chi connectivity index (χ0v) is 11.5. The van der Waals surface area contributed by atoms with Crippen LogP contribution in [0.15, 0.2) is 6.33 Å². The molecule has 0 unspecified atom stereocenters. The highest BCUT2D eigenvalue weighted by molar-refractivity contribution is 4.98. The molecular weight excluding hydrogens is 230 g/mol. The third-order valence-electron chi connectivity index (χ3n) is 3.82. The van der Waals surface area contributed by atoms with Crippen molar-refractivity contribution >= 4 is 0 Å². The van der Waals surface area contributed by atoms with Crippen molar-refractivity contribution < 1.29 is 9.84 Å². The second kappa shape index (κ2) is 5.36. The van der Waals surface area contributed by atoms with E-state index in [9.17, 15) is 5.11 Å². The number of aliphatic hydroxyl groups is 1. The molecule has 2 rings (SSSR count). The Morgan fingerprint density at radius 2 is 2.17 bits per heavy atom. The van der Waals surface area contributed by atoms with Crippen LogP contribution in [0.1, 0.15) is 51.4 Å². The van der Waals surface area contributed by atoms with Gasteiger partial charge in [0.25, 0.3) is 0 Å². The van der Waals surface area contributed by atoms with Crippen LogP contribution in [0, 0.1) is 0 Å². The molecule has 0 aromatic carbocycles. The number of aromatic nitrogens is 3. The maximum atomic E-state index is 10.6. The summed E-state index contributed by atoms with van der Waals surface area (Å²) < 4.78 is 7.23. The molecule has 1 heterocycles. The minimum Gasteiger partial charge on any atom is -0.389 e. The smallest absolute Gasteiger partial charge is 0.138 e. The molecule has 0 spiro atoms. The number of nitrogens with zero attached hydrogens (tertiary/aromatic N) is 3. The summed E-state index contributed by atoms with van der Waals surface area (Å²) in [4.78, 5) is 4.28. The fraction of sp³-hybridized carbons (Fsp3) is 0.846. The van der Waals surface area contributed by atoms with Crippen LogP contribution < -0.4 is 0 Å². The lowest BCUT2D eigenvalue weighted by atomic mass is 9.81. The van der Waals surface area contributed by atoms with Crippen LogP contribution in [0.2, 0.25) is 0 Å². The van der Waals surface area contributed by atoms with Gasteiger partial charge in [-0.05, 0) is 39.5 Å². The minimum atomic E-state index is -0.644. The van der Waals surface area contributed by atoms with E-state index in [-0.39, 0.29) is 6.04 Å². The summed E-state index contributed by atoms with van der Waals surface area (Å²) in [7, 11) is 1.74. The fourth-order valence-electron chi connectivity index (χ4n) is 2.67. The largest absolute Gasteiger partial charge is 0.389 e. The highest BCUT2D eigenvalue weighted by atomic mass is 16.5. The normalized spacial score (nSPS) is 28.8. The Kier molecular flexibility index (Phi) is 4.02. The average Bonchev–Trinajstić information content (AvgIpc) is 2.78. The molecule has 1 aliphatic carbocycles. The molecule has 0 radical (unpaired) electrons. The third-order valence-corrected chi connectivity index (χ3v) is 3.82. The van der Waals surface area contributed by atoms with Crippen LogP contribution in [0.25, 0.3) is 0 Å². The Morgan fingerprint density at radius 3 is 2.72 bits per heavy atom. The van der Waals surface area contributed by atoms with Crippen molar-refractivity contribution in [1.82, 2.24) is 14.8 Å². The molecule has 0 amide bonds. The summed E-state index contributed by atoms with van der Waals surface area (Å²) in [5.74, 6) is 0.878. The summed E-state index contributed by atoms with van der Waals surface area (Å²) in [6.45, 7) is 4.15. The van der Waals surface area contributed by atoms with Crippen molar-refractivity contribution in [2.24, 2.45) is 0 Å². The van der Waals surface area contributed by atoms with E-state index in [0.29, 0.717) is 12.5 Å². The van der Waals surface area contributed by atoms with Gasteiger partial charge in [-0.1, -0.05) is 0 Å². The number of ether oxygens (including phenoxy) is 1. The monoisotopic (exact) mass is 253 g/mol. The molecule has 1 aromatic heterocycles. The zero-order chi connectivity index (χ0) is 13.2. The summed E-state index contributed by atoms with van der Waals surface area (Å²) >= 11 is 0. The molecule has 0 bridgehead atoms. The van der Waals surface area contributed by atoms with Crippen molar-refractivity contribution in [3.63, 3.8) is 0 Å². The number of hydrogen-bond acceptors (Lipinski definition) is 4. The first-order valence-corrected chi connectivity index (χ1v) is 6.67. The maximum Gasteiger partial charge on any atom is 0.138 e. The van der Waals surface area contributed by atoms with Gasteiger partial charge in [0.1, 0.15) is 12.2 Å². The molecule has 0 saturated heterocycles. The Morgan fingerprint density at radius 1 is 1.50 bits per heavy atom. The third kappa shape index (κ3) is 2.90. The fourth-order valence-corrected chi connectivity index (χ4v) is 2.67. The molecular formula is C13H23N3O2. The van der Waals surface area contributed by atoms with Gasteiger partial charge in [-0.15, -0.1) is 0 Å². The van der Waals surface area contributed by atoms with Gasteiger partial charge in [0.2, 0.25) is 0 Å². The zero-order valence-electron chi connectivity index (χ0n) is 11.5. The summed E-state index contributed by atoms with van der Waals surface area (Å²) in [5.41, 5.74) is -0.644. The van der Waals surface area contributed by atoms with E-state index in [2.05, 4.69) is 23.9 Å². The van der Waals surface area contributed by atoms with E-state index in [1.54, 1.807) is 13.4 Å². The summed E-state index contributed by atoms with van der Waals surface area (Å²) in [6, 6.07) is 0.279. The van der Waals surface area contributed by atoms with Crippen LogP contribution in [-0.2, 0) is 11.2 Å². The predicted molar refractivity (Wildman–Crippen MR) is 68.3 cm³/mol. The van der Waals surface area contributed by atoms with Gasteiger partial charge < -0.3 is 9.84 Å². The molecule has 102 valence electrons. The first kappa shape index (κ1) is 13.5. The van der Waals surface area contributed by atoms with Gasteiger partial charge in [0.05, 0.1) is 11.7 Å². The van der Waals surface area contributed by atoms with Gasteiger partial charge in [0.15, 0.2) is 0 Å². The molecule has 5 heteroatoms. The van der Waals surface area contributed by atoms with Gasteiger partial charge in [-0.25, -0.2) is 9.67 Å². The molecule has 1 aliphatic rings. The second-order valence-electron chi connectivity index (χ2n) is 5.55. The average molecular weight is 253 g/mol. The Hall–Kier alpha value is -0.940. The minimum absolute atomic E-state index is 0.279. The lowest BCUT2D eigenvalue weighted by molar-refractivity contribution is -0.0444. The standard InChI is InChI=1S/C13H23N3O2/c1-10(2)16-12(14-9-15-16)8-13(17)6-4-11(18-3)5-7-13/h9-11,17H,4-8H2,1-3H3. The highest BCUT2D eigenvalue weighted by Gasteiger charge is 2.34. The second-order valence-corrected chi connectivity index (χ2v) is 5.55. The molecule has 1 fully saturated rings. The van der Waals surface area contributed by atoms with E-state index >= 15 is 0 Å².